The first-order valence-electron chi connectivity index (χ1n) is 10.3. The van der Waals surface area contributed by atoms with Gasteiger partial charge in [-0.05, 0) is 35.9 Å². The SMILES string of the molecule is COc1ccccc1/C=C/C(=O)N1CC(=O)N(Cc2ccccc2)c2ccc(C(=O)O)cc21. The van der Waals surface area contributed by atoms with Crippen molar-refractivity contribution >= 4 is 35.2 Å². The quantitative estimate of drug-likeness (QED) is 0.584. The Balaban J connectivity index is 1.70. The van der Waals surface area contributed by atoms with E-state index in [1.807, 2.05) is 48.5 Å². The van der Waals surface area contributed by atoms with E-state index in [0.29, 0.717) is 29.2 Å². The number of carboxylic acid groups (broad SMARTS) is 1. The van der Waals surface area contributed by atoms with Gasteiger partial charge in [-0.1, -0.05) is 48.5 Å². The lowest BCUT2D eigenvalue weighted by atomic mass is 10.1. The summed E-state index contributed by atoms with van der Waals surface area (Å²) in [6, 6.07) is 21.2. The van der Waals surface area contributed by atoms with Crippen LogP contribution in [0.3, 0.4) is 0 Å². The molecule has 0 saturated heterocycles. The van der Waals surface area contributed by atoms with Crippen molar-refractivity contribution in [1.82, 2.24) is 0 Å². The minimum Gasteiger partial charge on any atom is -0.496 e. The number of methoxy groups -OCH3 is 1. The van der Waals surface area contributed by atoms with Crippen LogP contribution in [0.1, 0.15) is 21.5 Å². The summed E-state index contributed by atoms with van der Waals surface area (Å²) in [5.74, 6) is -1.19. The van der Waals surface area contributed by atoms with Crippen molar-refractivity contribution in [1.29, 1.82) is 0 Å². The largest absolute Gasteiger partial charge is 0.496 e. The number of benzene rings is 3. The molecule has 0 aliphatic carbocycles. The summed E-state index contributed by atoms with van der Waals surface area (Å²) in [6.07, 6.45) is 2.97. The average Bonchev–Trinajstić information content (AvgIpc) is 2.84. The Morgan fingerprint density at radius 2 is 1.73 bits per heavy atom. The molecule has 7 nitrogen and oxygen atoms in total. The predicted octanol–water partition coefficient (Wildman–Crippen LogP) is 3.99. The number of anilines is 2. The molecule has 0 unspecified atom stereocenters. The first kappa shape index (κ1) is 21.8. The fraction of sp³-hybridized carbons (Fsp3) is 0.115. The van der Waals surface area contributed by atoms with Crippen molar-refractivity contribution in [2.75, 3.05) is 23.5 Å². The molecular formula is C26H22N2O5. The summed E-state index contributed by atoms with van der Waals surface area (Å²) in [4.78, 5) is 40.6. The van der Waals surface area contributed by atoms with Gasteiger partial charge in [-0.15, -0.1) is 0 Å². The Morgan fingerprint density at radius 1 is 1.00 bits per heavy atom. The lowest BCUT2D eigenvalue weighted by Crippen LogP contribution is -2.47. The molecule has 0 bridgehead atoms. The standard InChI is InChI=1S/C26H22N2O5/c1-33-23-10-6-5-9-19(23)12-14-24(29)28-17-25(30)27(16-18-7-3-2-4-8-18)21-13-11-20(26(31)32)15-22(21)28/h2-15H,16-17H2,1H3,(H,31,32)/b14-12+. The van der Waals surface area contributed by atoms with Gasteiger partial charge < -0.3 is 14.7 Å². The Morgan fingerprint density at radius 3 is 2.45 bits per heavy atom. The number of nitrogens with zero attached hydrogens (tertiary/aromatic N) is 2. The predicted molar refractivity (Wildman–Crippen MR) is 125 cm³/mol. The first-order chi connectivity index (χ1) is 16.0. The van der Waals surface area contributed by atoms with Crippen LogP contribution in [0.4, 0.5) is 11.4 Å². The zero-order chi connectivity index (χ0) is 23.4. The van der Waals surface area contributed by atoms with Crippen molar-refractivity contribution in [3.8, 4) is 5.75 Å². The molecular weight excluding hydrogens is 420 g/mol. The third kappa shape index (κ3) is 4.62. The molecule has 166 valence electrons. The number of carbonyl (C=O) groups excluding carboxylic acids is 2. The molecule has 0 radical (unpaired) electrons. The van der Waals surface area contributed by atoms with E-state index >= 15 is 0 Å². The monoisotopic (exact) mass is 442 g/mol. The molecule has 0 spiro atoms. The molecule has 0 fully saturated rings. The Kier molecular flexibility index (Phi) is 6.22. The zero-order valence-electron chi connectivity index (χ0n) is 18.0. The topological polar surface area (TPSA) is 87.2 Å². The third-order valence-corrected chi connectivity index (χ3v) is 5.39. The molecule has 33 heavy (non-hydrogen) atoms. The fourth-order valence-corrected chi connectivity index (χ4v) is 3.73. The first-order valence-corrected chi connectivity index (χ1v) is 10.3. The van der Waals surface area contributed by atoms with Gasteiger partial charge in [0.05, 0.1) is 30.6 Å². The van der Waals surface area contributed by atoms with Crippen LogP contribution in [0.2, 0.25) is 0 Å². The number of rotatable bonds is 6. The third-order valence-electron chi connectivity index (χ3n) is 5.39. The number of aromatic carboxylic acids is 1. The molecule has 2 amide bonds. The second kappa shape index (κ2) is 9.40. The van der Waals surface area contributed by atoms with Gasteiger partial charge >= 0.3 is 5.97 Å². The lowest BCUT2D eigenvalue weighted by molar-refractivity contribution is -0.120. The lowest BCUT2D eigenvalue weighted by Gasteiger charge is -2.36. The van der Waals surface area contributed by atoms with Crippen molar-refractivity contribution in [2.24, 2.45) is 0 Å². The number of hydrogen-bond acceptors (Lipinski definition) is 4. The van der Waals surface area contributed by atoms with Gasteiger partial charge in [0.1, 0.15) is 12.3 Å². The second-order valence-corrected chi connectivity index (χ2v) is 7.47. The van der Waals surface area contributed by atoms with E-state index in [-0.39, 0.29) is 18.0 Å². The van der Waals surface area contributed by atoms with E-state index in [2.05, 4.69) is 0 Å². The molecule has 1 N–H and O–H groups in total. The maximum Gasteiger partial charge on any atom is 0.335 e. The van der Waals surface area contributed by atoms with E-state index in [0.717, 1.165) is 5.56 Å². The highest BCUT2D eigenvalue weighted by molar-refractivity contribution is 6.15. The molecule has 7 heteroatoms. The molecule has 0 aromatic heterocycles. The minimum atomic E-state index is -1.11. The van der Waals surface area contributed by atoms with Crippen LogP contribution in [0.15, 0.2) is 78.9 Å². The van der Waals surface area contributed by atoms with E-state index in [4.69, 9.17) is 4.74 Å². The molecule has 0 saturated carbocycles. The number of carbonyl (C=O) groups is 3. The molecule has 4 rings (SSSR count). The van der Waals surface area contributed by atoms with Gasteiger partial charge in [-0.2, -0.15) is 0 Å². The molecule has 3 aromatic rings. The second-order valence-electron chi connectivity index (χ2n) is 7.47. The molecule has 1 heterocycles. The molecule has 1 aliphatic rings. The highest BCUT2D eigenvalue weighted by Gasteiger charge is 2.32. The Labute approximate surface area is 191 Å². The van der Waals surface area contributed by atoms with E-state index in [9.17, 15) is 19.5 Å². The van der Waals surface area contributed by atoms with Crippen molar-refractivity contribution in [3.63, 3.8) is 0 Å². The highest BCUT2D eigenvalue weighted by Crippen LogP contribution is 2.36. The summed E-state index contributed by atoms with van der Waals surface area (Å²) >= 11 is 0. The number of hydrogen-bond donors (Lipinski definition) is 1. The van der Waals surface area contributed by atoms with Crippen molar-refractivity contribution in [2.45, 2.75) is 6.54 Å². The number of amides is 2. The smallest absolute Gasteiger partial charge is 0.335 e. The van der Waals surface area contributed by atoms with Gasteiger partial charge in [0.15, 0.2) is 0 Å². The molecule has 0 atom stereocenters. The number of para-hydroxylation sites is 1. The fourth-order valence-electron chi connectivity index (χ4n) is 3.73. The minimum absolute atomic E-state index is 0.0364. The van der Waals surface area contributed by atoms with Crippen LogP contribution in [-0.2, 0) is 16.1 Å². The average molecular weight is 442 g/mol. The Hall–Kier alpha value is -4.39. The van der Waals surface area contributed by atoms with Crippen LogP contribution in [0, 0.1) is 0 Å². The van der Waals surface area contributed by atoms with Gasteiger partial charge in [0.2, 0.25) is 5.91 Å². The normalized spacial score (nSPS) is 13.2. The van der Waals surface area contributed by atoms with E-state index in [1.54, 1.807) is 30.2 Å². The van der Waals surface area contributed by atoms with Crippen LogP contribution in [0.5, 0.6) is 5.75 Å². The van der Waals surface area contributed by atoms with E-state index < -0.39 is 11.9 Å². The zero-order valence-corrected chi connectivity index (χ0v) is 18.0. The van der Waals surface area contributed by atoms with Gasteiger partial charge in [-0.3, -0.25) is 14.5 Å². The molecule has 1 aliphatic heterocycles. The number of ether oxygens (including phenoxy) is 1. The maximum atomic E-state index is 13.1. The van der Waals surface area contributed by atoms with Crippen LogP contribution >= 0.6 is 0 Å². The van der Waals surface area contributed by atoms with Gasteiger partial charge in [0, 0.05) is 11.6 Å². The number of fused-ring (bicyclic) bond motifs is 1. The van der Waals surface area contributed by atoms with Crippen LogP contribution in [-0.4, -0.2) is 36.5 Å². The van der Waals surface area contributed by atoms with Crippen LogP contribution < -0.4 is 14.5 Å². The summed E-state index contributed by atoms with van der Waals surface area (Å²) in [5, 5.41) is 9.46. The van der Waals surface area contributed by atoms with Gasteiger partial charge in [-0.25, -0.2) is 4.79 Å². The van der Waals surface area contributed by atoms with Crippen molar-refractivity contribution in [3.05, 3.63) is 95.6 Å². The summed E-state index contributed by atoms with van der Waals surface area (Å²) < 4.78 is 5.31. The summed E-state index contributed by atoms with van der Waals surface area (Å²) in [5.41, 5.74) is 2.53. The summed E-state index contributed by atoms with van der Waals surface area (Å²) in [7, 11) is 1.54. The van der Waals surface area contributed by atoms with Gasteiger partial charge in [0.25, 0.3) is 5.91 Å². The highest BCUT2D eigenvalue weighted by atomic mass is 16.5. The number of carboxylic acids is 1. The summed E-state index contributed by atoms with van der Waals surface area (Å²) in [6.45, 7) is 0.121. The van der Waals surface area contributed by atoms with Crippen molar-refractivity contribution < 1.29 is 24.2 Å². The maximum absolute atomic E-state index is 13.1. The molecule has 3 aromatic carbocycles. The Bertz CT molecular complexity index is 1240. The van der Waals surface area contributed by atoms with E-state index in [1.165, 1.54) is 23.1 Å². The van der Waals surface area contributed by atoms with Crippen LogP contribution in [0.25, 0.3) is 6.08 Å².